The number of ketones is 1. The van der Waals surface area contributed by atoms with Crippen LogP contribution in [0.25, 0.3) is 10.9 Å². The lowest BCUT2D eigenvalue weighted by Gasteiger charge is -2.13. The van der Waals surface area contributed by atoms with E-state index in [1.54, 1.807) is 12.1 Å². The molecule has 0 amide bonds. The number of hydrogen-bond donors (Lipinski definition) is 1. The van der Waals surface area contributed by atoms with E-state index in [2.05, 4.69) is 4.98 Å². The van der Waals surface area contributed by atoms with Crippen LogP contribution in [0.3, 0.4) is 0 Å². The van der Waals surface area contributed by atoms with Crippen LogP contribution in [0.2, 0.25) is 0 Å². The van der Waals surface area contributed by atoms with E-state index in [4.69, 9.17) is 0 Å². The Labute approximate surface area is 106 Å². The van der Waals surface area contributed by atoms with E-state index in [1.165, 1.54) is 0 Å². The number of fused-ring (bicyclic) bond motifs is 1. The maximum atomic E-state index is 12.0. The number of aryl methyl sites for hydroxylation is 1. The first kappa shape index (κ1) is 12.7. The number of benzene rings is 1. The van der Waals surface area contributed by atoms with Gasteiger partial charge in [-0.3, -0.25) is 9.78 Å². The second-order valence-electron chi connectivity index (χ2n) is 4.91. The normalized spacial score (nSPS) is 12.9. The summed E-state index contributed by atoms with van der Waals surface area (Å²) in [6.45, 7) is 5.59. The van der Waals surface area contributed by atoms with Gasteiger partial charge in [0.25, 0.3) is 0 Å². The van der Waals surface area contributed by atoms with Gasteiger partial charge in [0, 0.05) is 16.6 Å². The lowest BCUT2D eigenvalue weighted by Crippen LogP contribution is -2.26. The Kier molecular flexibility index (Phi) is 3.43. The highest BCUT2D eigenvalue weighted by molar-refractivity contribution is 6.02. The monoisotopic (exact) mass is 243 g/mol. The third kappa shape index (κ3) is 2.41. The molecular formula is C15H17NO2. The molecule has 0 saturated heterocycles. The second-order valence-corrected chi connectivity index (χ2v) is 4.91. The highest BCUT2D eigenvalue weighted by atomic mass is 16.3. The van der Waals surface area contributed by atoms with Gasteiger partial charge in [-0.1, -0.05) is 19.9 Å². The van der Waals surface area contributed by atoms with E-state index in [0.29, 0.717) is 5.56 Å². The number of nitrogens with zero attached hydrogens (tertiary/aromatic N) is 1. The molecule has 94 valence electrons. The Morgan fingerprint density at radius 3 is 2.61 bits per heavy atom. The van der Waals surface area contributed by atoms with Crippen LogP contribution in [0, 0.1) is 12.8 Å². The Morgan fingerprint density at radius 2 is 1.94 bits per heavy atom. The minimum Gasteiger partial charge on any atom is -0.385 e. The zero-order chi connectivity index (χ0) is 13.3. The predicted octanol–water partition coefficient (Wildman–Crippen LogP) is 2.74. The smallest absolute Gasteiger partial charge is 0.191 e. The maximum absolute atomic E-state index is 12.0. The van der Waals surface area contributed by atoms with Gasteiger partial charge < -0.3 is 5.11 Å². The molecule has 1 heterocycles. The van der Waals surface area contributed by atoms with Crippen molar-refractivity contribution in [3.05, 3.63) is 41.6 Å². The van der Waals surface area contributed by atoms with Crippen molar-refractivity contribution < 1.29 is 9.90 Å². The molecule has 1 unspecified atom stereocenters. The first-order valence-corrected chi connectivity index (χ1v) is 6.08. The second kappa shape index (κ2) is 4.86. The van der Waals surface area contributed by atoms with Crippen LogP contribution in [0.15, 0.2) is 30.3 Å². The van der Waals surface area contributed by atoms with Gasteiger partial charge in [-0.05, 0) is 37.1 Å². The molecule has 0 fully saturated rings. The van der Waals surface area contributed by atoms with Crippen LogP contribution < -0.4 is 0 Å². The molecule has 3 heteroatoms. The molecule has 0 aliphatic heterocycles. The van der Waals surface area contributed by atoms with Gasteiger partial charge >= 0.3 is 0 Å². The first-order chi connectivity index (χ1) is 8.49. The van der Waals surface area contributed by atoms with Crippen LogP contribution >= 0.6 is 0 Å². The van der Waals surface area contributed by atoms with Crippen molar-refractivity contribution in [1.29, 1.82) is 0 Å². The van der Waals surface area contributed by atoms with Crippen molar-refractivity contribution in [2.75, 3.05) is 0 Å². The van der Waals surface area contributed by atoms with E-state index in [9.17, 15) is 9.90 Å². The molecule has 2 rings (SSSR count). The quantitative estimate of drug-likeness (QED) is 0.843. The molecule has 1 aromatic heterocycles. The van der Waals surface area contributed by atoms with Gasteiger partial charge in [0.05, 0.1) is 5.52 Å². The topological polar surface area (TPSA) is 50.2 Å². The highest BCUT2D eigenvalue weighted by Gasteiger charge is 2.20. The van der Waals surface area contributed by atoms with Crippen molar-refractivity contribution in [3.63, 3.8) is 0 Å². The molecule has 0 saturated carbocycles. The number of pyridine rings is 1. The summed E-state index contributed by atoms with van der Waals surface area (Å²) in [6.07, 6.45) is -0.944. The highest BCUT2D eigenvalue weighted by Crippen LogP contribution is 2.17. The Bertz CT molecular complexity index is 590. The Hall–Kier alpha value is -1.74. The fourth-order valence-electron chi connectivity index (χ4n) is 1.85. The third-order valence-corrected chi connectivity index (χ3v) is 3.01. The van der Waals surface area contributed by atoms with Crippen molar-refractivity contribution in [2.24, 2.45) is 5.92 Å². The van der Waals surface area contributed by atoms with Crippen LogP contribution in [0.1, 0.15) is 29.9 Å². The van der Waals surface area contributed by atoms with E-state index in [0.717, 1.165) is 16.6 Å². The summed E-state index contributed by atoms with van der Waals surface area (Å²) >= 11 is 0. The van der Waals surface area contributed by atoms with Crippen molar-refractivity contribution in [2.45, 2.75) is 26.9 Å². The molecule has 3 nitrogen and oxygen atoms in total. The van der Waals surface area contributed by atoms with E-state index < -0.39 is 6.10 Å². The fourth-order valence-corrected chi connectivity index (χ4v) is 1.85. The molecule has 2 aromatic rings. The number of Topliss-reactive ketones (excluding diaryl/α,β-unsaturated/α-hetero) is 1. The Morgan fingerprint density at radius 1 is 1.22 bits per heavy atom. The third-order valence-electron chi connectivity index (χ3n) is 3.01. The van der Waals surface area contributed by atoms with E-state index in [1.807, 2.05) is 39.0 Å². The van der Waals surface area contributed by atoms with Crippen LogP contribution in [-0.2, 0) is 0 Å². The van der Waals surface area contributed by atoms with E-state index in [-0.39, 0.29) is 11.7 Å². The van der Waals surface area contributed by atoms with Gasteiger partial charge in [0.1, 0.15) is 6.10 Å². The number of aliphatic hydroxyl groups excluding tert-OH is 1. The summed E-state index contributed by atoms with van der Waals surface area (Å²) in [5.41, 5.74) is 2.35. The number of aromatic nitrogens is 1. The van der Waals surface area contributed by atoms with Crippen LogP contribution in [-0.4, -0.2) is 22.0 Å². The average molecular weight is 243 g/mol. The predicted molar refractivity (Wildman–Crippen MR) is 71.7 cm³/mol. The minimum absolute atomic E-state index is 0.0793. The van der Waals surface area contributed by atoms with Gasteiger partial charge in [-0.2, -0.15) is 0 Å². The molecule has 1 atom stereocenters. The summed E-state index contributed by atoms with van der Waals surface area (Å²) < 4.78 is 0. The van der Waals surface area contributed by atoms with Crippen molar-refractivity contribution >= 4 is 16.7 Å². The van der Waals surface area contributed by atoms with Gasteiger partial charge in [-0.15, -0.1) is 0 Å². The fraction of sp³-hybridized carbons (Fsp3) is 0.333. The standard InChI is InChI=1S/C15H17NO2/c1-9(2)14(17)15(18)12-6-7-13-11(8-12)5-4-10(3)16-13/h4-9,14,17H,1-3H3. The molecule has 0 spiro atoms. The summed E-state index contributed by atoms with van der Waals surface area (Å²) in [5, 5.41) is 10.7. The summed E-state index contributed by atoms with van der Waals surface area (Å²) in [6, 6.07) is 9.19. The van der Waals surface area contributed by atoms with Gasteiger partial charge in [0.15, 0.2) is 5.78 Å². The zero-order valence-corrected chi connectivity index (χ0v) is 10.8. The lowest BCUT2D eigenvalue weighted by atomic mass is 9.97. The molecular weight excluding hydrogens is 226 g/mol. The largest absolute Gasteiger partial charge is 0.385 e. The van der Waals surface area contributed by atoms with Crippen molar-refractivity contribution in [3.8, 4) is 0 Å². The SMILES string of the molecule is Cc1ccc2cc(C(=O)C(O)C(C)C)ccc2n1. The molecule has 0 radical (unpaired) electrons. The van der Waals surface area contributed by atoms with E-state index >= 15 is 0 Å². The zero-order valence-electron chi connectivity index (χ0n) is 10.8. The minimum atomic E-state index is -0.944. The number of hydrogen-bond acceptors (Lipinski definition) is 3. The van der Waals surface area contributed by atoms with Gasteiger partial charge in [-0.25, -0.2) is 0 Å². The maximum Gasteiger partial charge on any atom is 0.191 e. The molecule has 18 heavy (non-hydrogen) atoms. The van der Waals surface area contributed by atoms with Crippen LogP contribution in [0.5, 0.6) is 0 Å². The molecule has 0 aliphatic rings. The number of rotatable bonds is 3. The average Bonchev–Trinajstić information content (AvgIpc) is 2.36. The first-order valence-electron chi connectivity index (χ1n) is 6.08. The summed E-state index contributed by atoms with van der Waals surface area (Å²) in [4.78, 5) is 16.4. The molecule has 1 N–H and O–H groups in total. The van der Waals surface area contributed by atoms with Gasteiger partial charge in [0.2, 0.25) is 0 Å². The van der Waals surface area contributed by atoms with Crippen LogP contribution in [0.4, 0.5) is 0 Å². The molecule has 1 aromatic carbocycles. The summed E-state index contributed by atoms with van der Waals surface area (Å²) in [5.74, 6) is -0.309. The Balaban J connectivity index is 2.41. The number of aliphatic hydroxyl groups is 1. The lowest BCUT2D eigenvalue weighted by molar-refractivity contribution is 0.0648. The molecule has 0 bridgehead atoms. The number of carbonyl (C=O) groups excluding carboxylic acids is 1. The van der Waals surface area contributed by atoms with Crippen molar-refractivity contribution in [1.82, 2.24) is 4.98 Å². The molecule has 0 aliphatic carbocycles. The summed E-state index contributed by atoms with van der Waals surface area (Å²) in [7, 11) is 0. The number of carbonyl (C=O) groups is 1.